The van der Waals surface area contributed by atoms with Crippen molar-refractivity contribution in [3.05, 3.63) is 33.9 Å². The second kappa shape index (κ2) is 6.76. The van der Waals surface area contributed by atoms with E-state index in [4.69, 9.17) is 9.47 Å². The first kappa shape index (κ1) is 22.9. The molecule has 7 aliphatic rings. The summed E-state index contributed by atoms with van der Waals surface area (Å²) in [6.07, 6.45) is 5.10. The van der Waals surface area contributed by atoms with Gasteiger partial charge >= 0.3 is 0 Å². The Labute approximate surface area is 207 Å². The number of aliphatic hydroxyl groups excluding tert-OH is 1. The Kier molecular flexibility index (Phi) is 4.41. The number of ether oxygens (including phenoxy) is 2. The summed E-state index contributed by atoms with van der Waals surface area (Å²) in [5.74, 6) is 0.695. The zero-order chi connectivity index (χ0) is 24.7. The fourth-order valence-electron chi connectivity index (χ4n) is 9.45. The molecule has 7 rings (SSSR count). The third-order valence-electron chi connectivity index (χ3n) is 11.6. The first-order valence-electron chi connectivity index (χ1n) is 13.6. The molecule has 0 amide bonds. The molecule has 190 valence electrons. The van der Waals surface area contributed by atoms with Gasteiger partial charge in [0.1, 0.15) is 35.8 Å². The van der Waals surface area contributed by atoms with Crippen molar-refractivity contribution in [3.63, 3.8) is 0 Å². The van der Waals surface area contributed by atoms with Crippen molar-refractivity contribution in [1.29, 1.82) is 0 Å². The number of rotatable bonds is 2. The second-order valence-electron chi connectivity index (χ2n) is 13.0. The van der Waals surface area contributed by atoms with Crippen molar-refractivity contribution in [2.24, 2.45) is 29.1 Å². The molecule has 0 aromatic carbocycles. The Bertz CT molecular complexity index is 1120. The van der Waals surface area contributed by atoms with E-state index < -0.39 is 40.5 Å². The number of carbonyl (C=O) groups is 1. The summed E-state index contributed by atoms with van der Waals surface area (Å²) in [4.78, 5) is 11.9. The van der Waals surface area contributed by atoms with Crippen LogP contribution in [0.5, 0.6) is 0 Å². The highest BCUT2D eigenvalue weighted by atomic mass is 16.6. The summed E-state index contributed by atoms with van der Waals surface area (Å²) in [6.45, 7) is 8.96. The quantitative estimate of drug-likeness (QED) is 0.524. The highest BCUT2D eigenvalue weighted by molar-refractivity contribution is 5.77. The van der Waals surface area contributed by atoms with Gasteiger partial charge in [-0.1, -0.05) is 39.3 Å². The molecule has 0 bridgehead atoms. The van der Waals surface area contributed by atoms with Crippen molar-refractivity contribution < 1.29 is 29.6 Å². The first-order chi connectivity index (χ1) is 16.5. The lowest BCUT2D eigenvalue weighted by Gasteiger charge is -2.63. The van der Waals surface area contributed by atoms with E-state index in [2.05, 4.69) is 33.8 Å². The molecule has 0 aromatic rings. The lowest BCUT2D eigenvalue weighted by molar-refractivity contribution is -0.346. The third-order valence-corrected chi connectivity index (χ3v) is 11.6. The van der Waals surface area contributed by atoms with Gasteiger partial charge in [0.25, 0.3) is 0 Å². The molecule has 2 unspecified atom stereocenters. The van der Waals surface area contributed by atoms with Crippen LogP contribution in [-0.4, -0.2) is 63.3 Å². The molecule has 6 heteroatoms. The van der Waals surface area contributed by atoms with Gasteiger partial charge in [0.05, 0.1) is 6.61 Å². The van der Waals surface area contributed by atoms with E-state index >= 15 is 0 Å². The minimum atomic E-state index is -1.73. The molecule has 2 saturated carbocycles. The molecule has 2 heterocycles. The Morgan fingerprint density at radius 1 is 1.09 bits per heavy atom. The Morgan fingerprint density at radius 3 is 2.51 bits per heavy atom. The van der Waals surface area contributed by atoms with Gasteiger partial charge in [-0.05, 0) is 72.2 Å². The normalized spacial score (nSPS) is 56.2. The number of hydrogen-bond acceptors (Lipinski definition) is 6. The number of aldehydes is 1. The highest BCUT2D eigenvalue weighted by Gasteiger charge is 2.82. The van der Waals surface area contributed by atoms with Gasteiger partial charge in [0.15, 0.2) is 5.60 Å². The van der Waals surface area contributed by atoms with Crippen LogP contribution in [-0.2, 0) is 14.3 Å². The molecule has 35 heavy (non-hydrogen) atoms. The first-order valence-corrected chi connectivity index (χ1v) is 13.6. The van der Waals surface area contributed by atoms with E-state index in [0.717, 1.165) is 48.7 Å². The summed E-state index contributed by atoms with van der Waals surface area (Å²) in [7, 11) is 0. The standard InChI is InChI=1S/C29H38O6/c1-14-5-6-19(21(14)13-30)17-10-18-9-15(2)26(4)22(18)20(11-17)23(31)29(33)24(26)35-28(12-16(28)3)27(32)7-8-34-25(27)29/h10,13-17,23-25,31-33H,5-9,11-12H2,1-4H3/t14-,15-,16+,17?,23+,24-,25?,26+,27+,28+,29+/m1/s1. The number of allylic oxidation sites excluding steroid dienone is 4. The van der Waals surface area contributed by atoms with Gasteiger partial charge in [-0.3, -0.25) is 4.79 Å². The van der Waals surface area contributed by atoms with E-state index in [1.165, 1.54) is 11.1 Å². The third kappa shape index (κ3) is 2.38. The summed E-state index contributed by atoms with van der Waals surface area (Å²) in [5, 5.41) is 36.4. The summed E-state index contributed by atoms with van der Waals surface area (Å²) in [5.41, 5.74) is 1.08. The van der Waals surface area contributed by atoms with Crippen LogP contribution in [0.25, 0.3) is 0 Å². The molecule has 6 nitrogen and oxygen atoms in total. The van der Waals surface area contributed by atoms with E-state index in [-0.39, 0.29) is 23.7 Å². The van der Waals surface area contributed by atoms with Crippen LogP contribution in [0.2, 0.25) is 0 Å². The topological polar surface area (TPSA) is 96.2 Å². The molecule has 0 aromatic heterocycles. The monoisotopic (exact) mass is 482 g/mol. The molecule has 2 aliphatic heterocycles. The SMILES string of the molecule is C[C@@H]1CCC(C2C=C3C[C@@H](C)[C@@]4(C)C3=C(C2)[C@H](O)[C@@]2(O)C3OCC[C@@]3(O)[C@@]3(C[C@@H]3C)O[C@H]42)=C1C=O. The van der Waals surface area contributed by atoms with Crippen LogP contribution >= 0.6 is 0 Å². The Morgan fingerprint density at radius 2 is 1.83 bits per heavy atom. The van der Waals surface area contributed by atoms with Crippen molar-refractivity contribution in [2.45, 2.75) is 101 Å². The number of aliphatic hydroxyl groups is 3. The largest absolute Gasteiger partial charge is 0.385 e. The molecule has 1 spiro atoms. The Hall–Kier alpha value is -1.31. The van der Waals surface area contributed by atoms with E-state index in [0.29, 0.717) is 19.4 Å². The van der Waals surface area contributed by atoms with Crippen LogP contribution in [0.3, 0.4) is 0 Å². The zero-order valence-electron chi connectivity index (χ0n) is 21.2. The summed E-state index contributed by atoms with van der Waals surface area (Å²) in [6, 6.07) is 0. The molecule has 11 atom stereocenters. The van der Waals surface area contributed by atoms with E-state index in [9.17, 15) is 20.1 Å². The van der Waals surface area contributed by atoms with Crippen LogP contribution in [0.4, 0.5) is 0 Å². The average Bonchev–Trinajstić information content (AvgIpc) is 3.10. The Balaban J connectivity index is 1.39. The van der Waals surface area contributed by atoms with Crippen molar-refractivity contribution in [2.75, 3.05) is 6.61 Å². The molecule has 0 radical (unpaired) electrons. The van der Waals surface area contributed by atoms with E-state index in [1.54, 1.807) is 0 Å². The van der Waals surface area contributed by atoms with Crippen LogP contribution < -0.4 is 0 Å². The minimum absolute atomic E-state index is 0.0564. The molecular formula is C29H38O6. The van der Waals surface area contributed by atoms with Gasteiger partial charge < -0.3 is 24.8 Å². The van der Waals surface area contributed by atoms with Gasteiger partial charge in [0.2, 0.25) is 0 Å². The molecular weight excluding hydrogens is 444 g/mol. The van der Waals surface area contributed by atoms with Crippen LogP contribution in [0.15, 0.2) is 33.9 Å². The van der Waals surface area contributed by atoms with Crippen LogP contribution in [0.1, 0.15) is 66.2 Å². The predicted octanol–water partition coefficient (Wildman–Crippen LogP) is 3.00. The number of fused-ring (bicyclic) bond motifs is 5. The van der Waals surface area contributed by atoms with Gasteiger partial charge in [-0.15, -0.1) is 0 Å². The number of carbonyl (C=O) groups excluding carboxylic acids is 1. The maximum absolute atomic E-state index is 12.5. The maximum atomic E-state index is 12.5. The molecule has 2 saturated heterocycles. The number of hydrogen-bond donors (Lipinski definition) is 3. The van der Waals surface area contributed by atoms with Crippen molar-refractivity contribution in [3.8, 4) is 0 Å². The fourth-order valence-corrected chi connectivity index (χ4v) is 9.45. The molecule has 4 fully saturated rings. The second-order valence-corrected chi connectivity index (χ2v) is 13.0. The van der Waals surface area contributed by atoms with Gasteiger partial charge in [-0.25, -0.2) is 0 Å². The summed E-state index contributed by atoms with van der Waals surface area (Å²) >= 11 is 0. The van der Waals surface area contributed by atoms with Crippen molar-refractivity contribution in [1.82, 2.24) is 0 Å². The zero-order valence-corrected chi connectivity index (χ0v) is 21.2. The van der Waals surface area contributed by atoms with Crippen LogP contribution in [0, 0.1) is 29.1 Å². The smallest absolute Gasteiger partial charge is 0.150 e. The van der Waals surface area contributed by atoms with Gasteiger partial charge in [0, 0.05) is 17.8 Å². The molecule has 5 aliphatic carbocycles. The lowest BCUT2D eigenvalue weighted by atomic mass is 9.53. The van der Waals surface area contributed by atoms with Gasteiger partial charge in [-0.2, -0.15) is 0 Å². The maximum Gasteiger partial charge on any atom is 0.150 e. The highest BCUT2D eigenvalue weighted by Crippen LogP contribution is 2.71. The summed E-state index contributed by atoms with van der Waals surface area (Å²) < 4.78 is 13.0. The van der Waals surface area contributed by atoms with E-state index in [1.807, 2.05) is 0 Å². The lowest BCUT2D eigenvalue weighted by Crippen LogP contribution is -2.80. The van der Waals surface area contributed by atoms with Crippen molar-refractivity contribution >= 4 is 6.29 Å². The average molecular weight is 483 g/mol. The predicted molar refractivity (Wildman–Crippen MR) is 128 cm³/mol. The molecule has 3 N–H and O–H groups in total. The minimum Gasteiger partial charge on any atom is -0.385 e. The fraction of sp³-hybridized carbons (Fsp3) is 0.759.